The molecule has 9 rings (SSSR count). The van der Waals surface area contributed by atoms with Gasteiger partial charge in [0.2, 0.25) is 11.8 Å². The molecule has 3 atom stereocenters. The quantitative estimate of drug-likeness (QED) is 0.134. The molecule has 0 spiro atoms. The van der Waals surface area contributed by atoms with E-state index in [2.05, 4.69) is 46.3 Å². The number of imide groups is 2. The van der Waals surface area contributed by atoms with E-state index in [4.69, 9.17) is 0 Å². The van der Waals surface area contributed by atoms with Crippen molar-refractivity contribution >= 4 is 46.1 Å². The van der Waals surface area contributed by atoms with Crippen molar-refractivity contribution in [2.24, 2.45) is 5.92 Å². The standard InChI is InChI=1S/C46H46FN5O6/c1-2-36(28-5-11-34(53)12-6-28)43(30-7-13-35(54)14-8-30)29-3-9-31(10-4-29)49-19-17-27(18-20-49)24-50-25-33-21-32(50)26-51(33)41-23-38-37(22-39(41)47)45(57)52(46(38)58)40-15-16-42(55)48-44(40)56/h3-14,22-23,27,32-33,40,53-54H,2,15-21,24-26H2,1H3,(H,48,55,56). The molecule has 4 fully saturated rings. The Balaban J connectivity index is 0.829. The number of fused-ring (bicyclic) bond motifs is 3. The van der Waals surface area contributed by atoms with Crippen LogP contribution < -0.4 is 15.1 Å². The van der Waals surface area contributed by atoms with E-state index in [0.717, 1.165) is 90.7 Å². The fraction of sp³-hybridized carbons (Fsp3) is 0.348. The Morgan fingerprint density at radius 1 is 0.759 bits per heavy atom. The second-order valence-corrected chi connectivity index (χ2v) is 16.2. The van der Waals surface area contributed by atoms with Gasteiger partial charge in [-0.05, 0) is 114 Å². The third-order valence-electron chi connectivity index (χ3n) is 12.8. The second-order valence-electron chi connectivity index (χ2n) is 16.2. The Morgan fingerprint density at radius 2 is 1.36 bits per heavy atom. The lowest BCUT2D eigenvalue weighted by molar-refractivity contribution is -0.136. The average Bonchev–Trinajstić information content (AvgIpc) is 3.89. The summed E-state index contributed by atoms with van der Waals surface area (Å²) >= 11 is 0. The predicted molar refractivity (Wildman–Crippen MR) is 218 cm³/mol. The molecule has 0 saturated carbocycles. The number of nitrogens with zero attached hydrogens (tertiary/aromatic N) is 4. The van der Waals surface area contributed by atoms with Crippen LogP contribution in [-0.2, 0) is 9.59 Å². The van der Waals surface area contributed by atoms with Crippen molar-refractivity contribution in [2.75, 3.05) is 42.5 Å². The number of amides is 4. The summed E-state index contributed by atoms with van der Waals surface area (Å²) in [7, 11) is 0. The van der Waals surface area contributed by atoms with Crippen molar-refractivity contribution in [1.29, 1.82) is 0 Å². The topological polar surface area (TPSA) is 134 Å². The van der Waals surface area contributed by atoms with Gasteiger partial charge in [-0.2, -0.15) is 0 Å². The van der Waals surface area contributed by atoms with Crippen LogP contribution in [0.4, 0.5) is 15.8 Å². The largest absolute Gasteiger partial charge is 0.508 e. The molecule has 5 aliphatic heterocycles. The van der Waals surface area contributed by atoms with Crippen LogP contribution in [0.3, 0.4) is 0 Å². The van der Waals surface area contributed by atoms with E-state index < -0.39 is 35.5 Å². The highest BCUT2D eigenvalue weighted by Crippen LogP contribution is 2.41. The van der Waals surface area contributed by atoms with E-state index in [1.165, 1.54) is 11.8 Å². The first-order valence-electron chi connectivity index (χ1n) is 20.3. The lowest BCUT2D eigenvalue weighted by Gasteiger charge is -2.40. The molecule has 4 amide bonds. The first kappa shape index (κ1) is 37.6. The molecule has 12 heteroatoms. The minimum Gasteiger partial charge on any atom is -0.508 e. The molecular formula is C46H46FN5O6. The van der Waals surface area contributed by atoms with E-state index in [1.807, 2.05) is 29.2 Å². The van der Waals surface area contributed by atoms with Gasteiger partial charge < -0.3 is 20.0 Å². The molecule has 4 aromatic carbocycles. The maximum atomic E-state index is 15.7. The number of phenols is 2. The highest BCUT2D eigenvalue weighted by atomic mass is 19.1. The number of carbonyl (C=O) groups excluding carboxylic acids is 4. The van der Waals surface area contributed by atoms with Gasteiger partial charge in [0.05, 0.1) is 16.8 Å². The zero-order valence-electron chi connectivity index (χ0n) is 32.4. The first-order chi connectivity index (χ1) is 28.1. The molecule has 2 bridgehead atoms. The minimum absolute atomic E-state index is 0.0244. The number of likely N-dealkylation sites (tertiary alicyclic amines) is 1. The maximum Gasteiger partial charge on any atom is 0.262 e. The average molecular weight is 784 g/mol. The Kier molecular flexibility index (Phi) is 9.75. The third-order valence-corrected chi connectivity index (χ3v) is 12.8. The lowest BCUT2D eigenvalue weighted by Crippen LogP contribution is -2.54. The zero-order valence-corrected chi connectivity index (χ0v) is 32.4. The molecule has 0 radical (unpaired) electrons. The third kappa shape index (κ3) is 6.78. The van der Waals surface area contributed by atoms with Crippen LogP contribution in [0.15, 0.2) is 84.9 Å². The molecule has 298 valence electrons. The van der Waals surface area contributed by atoms with Gasteiger partial charge in [-0.25, -0.2) is 4.39 Å². The predicted octanol–water partition coefficient (Wildman–Crippen LogP) is 6.19. The molecule has 5 aliphatic rings. The summed E-state index contributed by atoms with van der Waals surface area (Å²) in [5.74, 6) is -2.03. The number of halogens is 1. The Morgan fingerprint density at radius 3 is 1.95 bits per heavy atom. The summed E-state index contributed by atoms with van der Waals surface area (Å²) < 4.78 is 15.7. The highest BCUT2D eigenvalue weighted by Gasteiger charge is 2.48. The normalized spacial score (nSPS) is 22.8. The number of allylic oxidation sites excluding steroid dienone is 1. The van der Waals surface area contributed by atoms with Crippen molar-refractivity contribution < 1.29 is 33.8 Å². The summed E-state index contributed by atoms with van der Waals surface area (Å²) in [5, 5.41) is 22.1. The summed E-state index contributed by atoms with van der Waals surface area (Å²) in [4.78, 5) is 58.7. The number of hydrogen-bond acceptors (Lipinski definition) is 9. The minimum atomic E-state index is -1.09. The Hall–Kier alpha value is -6.01. The molecule has 4 saturated heterocycles. The van der Waals surface area contributed by atoms with Crippen LogP contribution in [0.1, 0.15) is 82.9 Å². The number of hydrogen-bond donors (Lipinski definition) is 3. The van der Waals surface area contributed by atoms with Crippen LogP contribution >= 0.6 is 0 Å². The smallest absolute Gasteiger partial charge is 0.262 e. The fourth-order valence-electron chi connectivity index (χ4n) is 9.84. The van der Waals surface area contributed by atoms with Gasteiger partial charge in [-0.15, -0.1) is 0 Å². The van der Waals surface area contributed by atoms with Gasteiger partial charge in [-0.3, -0.25) is 34.3 Å². The summed E-state index contributed by atoms with van der Waals surface area (Å²) in [6, 6.07) is 25.3. The van der Waals surface area contributed by atoms with Crippen LogP contribution in [0.5, 0.6) is 11.5 Å². The molecule has 0 aromatic heterocycles. The number of anilines is 2. The van der Waals surface area contributed by atoms with Gasteiger partial charge in [0, 0.05) is 56.9 Å². The molecule has 11 nitrogen and oxygen atoms in total. The van der Waals surface area contributed by atoms with Gasteiger partial charge in [0.1, 0.15) is 23.4 Å². The van der Waals surface area contributed by atoms with Crippen LogP contribution in [0.2, 0.25) is 0 Å². The van der Waals surface area contributed by atoms with E-state index in [1.54, 1.807) is 24.3 Å². The molecule has 58 heavy (non-hydrogen) atoms. The van der Waals surface area contributed by atoms with Crippen LogP contribution in [-0.4, -0.2) is 94.5 Å². The first-order valence-corrected chi connectivity index (χ1v) is 20.3. The summed E-state index contributed by atoms with van der Waals surface area (Å²) in [5.41, 5.74) is 6.93. The number of carbonyl (C=O) groups is 4. The maximum absolute atomic E-state index is 15.7. The van der Waals surface area contributed by atoms with Gasteiger partial charge in [-0.1, -0.05) is 43.3 Å². The Bertz CT molecular complexity index is 2320. The molecule has 0 aliphatic carbocycles. The molecular weight excluding hydrogens is 738 g/mol. The van der Waals surface area contributed by atoms with Crippen molar-refractivity contribution in [1.82, 2.24) is 15.1 Å². The number of rotatable bonds is 9. The summed E-state index contributed by atoms with van der Waals surface area (Å²) in [6.07, 6.45) is 3.90. The number of benzene rings is 4. The van der Waals surface area contributed by atoms with Gasteiger partial charge in [0.15, 0.2) is 0 Å². The molecule has 4 aromatic rings. The van der Waals surface area contributed by atoms with Crippen molar-refractivity contribution in [3.8, 4) is 11.5 Å². The van der Waals surface area contributed by atoms with Crippen molar-refractivity contribution in [3.63, 3.8) is 0 Å². The van der Waals surface area contributed by atoms with Crippen LogP contribution in [0.25, 0.3) is 11.1 Å². The van der Waals surface area contributed by atoms with E-state index in [0.29, 0.717) is 18.2 Å². The van der Waals surface area contributed by atoms with E-state index in [-0.39, 0.29) is 47.6 Å². The lowest BCUT2D eigenvalue weighted by atomic mass is 9.88. The second kappa shape index (κ2) is 15.1. The number of piperazine rings is 1. The highest BCUT2D eigenvalue weighted by molar-refractivity contribution is 6.23. The molecule has 3 N–H and O–H groups in total. The van der Waals surface area contributed by atoms with E-state index >= 15 is 4.39 Å². The number of phenolic OH excluding ortho intramolecular Hbond substituents is 2. The Labute approximate surface area is 336 Å². The number of piperidine rings is 2. The van der Waals surface area contributed by atoms with Crippen LogP contribution in [0, 0.1) is 11.7 Å². The van der Waals surface area contributed by atoms with Crippen molar-refractivity contribution in [2.45, 2.75) is 63.6 Å². The molecule has 3 unspecified atom stereocenters. The van der Waals surface area contributed by atoms with E-state index in [9.17, 15) is 29.4 Å². The number of nitrogens with one attached hydrogen (secondary N) is 1. The zero-order chi connectivity index (χ0) is 40.2. The number of aromatic hydroxyl groups is 2. The monoisotopic (exact) mass is 783 g/mol. The molecule has 5 heterocycles. The fourth-order valence-corrected chi connectivity index (χ4v) is 9.84. The van der Waals surface area contributed by atoms with Gasteiger partial charge in [0.25, 0.3) is 11.8 Å². The van der Waals surface area contributed by atoms with Crippen molar-refractivity contribution in [3.05, 3.63) is 119 Å². The van der Waals surface area contributed by atoms with Gasteiger partial charge >= 0.3 is 0 Å². The SMILES string of the molecule is CCC(=C(c1ccc(O)cc1)c1ccc(N2CCC(CN3CC4CC3CN4c3cc4c(cc3F)C(=O)N(C3CCC(=O)NC3=O)C4=O)CC2)cc1)c1ccc(O)cc1. The summed E-state index contributed by atoms with van der Waals surface area (Å²) in [6.45, 7) is 6.47.